The molecule has 0 saturated carbocycles. The van der Waals surface area contributed by atoms with Crippen LogP contribution < -0.4 is 10.1 Å². The fourth-order valence-corrected chi connectivity index (χ4v) is 2.30. The first-order valence-corrected chi connectivity index (χ1v) is 7.79. The lowest BCUT2D eigenvalue weighted by molar-refractivity contribution is 0.101. The Hall–Kier alpha value is -1.84. The Morgan fingerprint density at radius 3 is 2.27 bits per heavy atom. The largest absolute Gasteiger partial charge is 0.491 e. The van der Waals surface area contributed by atoms with Crippen LogP contribution >= 0.6 is 0 Å². The Kier molecular flexibility index (Phi) is 6.94. The molecule has 2 rings (SSSR count). The van der Waals surface area contributed by atoms with E-state index in [1.165, 1.54) is 16.7 Å². The van der Waals surface area contributed by atoms with Crippen LogP contribution in [0.15, 0.2) is 48.5 Å². The van der Waals surface area contributed by atoms with Crippen LogP contribution in [0.4, 0.5) is 0 Å². The fourth-order valence-electron chi connectivity index (χ4n) is 2.30. The van der Waals surface area contributed by atoms with E-state index < -0.39 is 0 Å². The third-order valence-corrected chi connectivity index (χ3v) is 3.48. The molecular formula is C19H25NO2. The van der Waals surface area contributed by atoms with Crippen LogP contribution in [0.25, 0.3) is 0 Å². The molecule has 0 heterocycles. The smallest absolute Gasteiger partial charge is 0.125 e. The van der Waals surface area contributed by atoms with E-state index in [1.807, 2.05) is 12.1 Å². The summed E-state index contributed by atoms with van der Waals surface area (Å²) in [4.78, 5) is 0. The van der Waals surface area contributed by atoms with Gasteiger partial charge in [-0.1, -0.05) is 48.5 Å². The molecule has 0 amide bonds. The molecule has 2 aromatic carbocycles. The van der Waals surface area contributed by atoms with E-state index in [9.17, 15) is 0 Å². The molecule has 3 nitrogen and oxygen atoms in total. The monoisotopic (exact) mass is 299 g/mol. The van der Waals surface area contributed by atoms with Crippen molar-refractivity contribution in [3.8, 4) is 5.75 Å². The second-order valence-electron chi connectivity index (χ2n) is 5.34. The SMILES string of the molecule is Cc1cccc(C)c1OCCOCCNCc1ccccc1. The quantitative estimate of drug-likeness (QED) is 0.719. The molecule has 0 saturated heterocycles. The summed E-state index contributed by atoms with van der Waals surface area (Å²) in [6, 6.07) is 16.6. The molecule has 118 valence electrons. The summed E-state index contributed by atoms with van der Waals surface area (Å²) in [7, 11) is 0. The molecule has 0 aromatic heterocycles. The fraction of sp³-hybridized carbons (Fsp3) is 0.368. The molecule has 0 fully saturated rings. The molecule has 0 unspecified atom stereocenters. The van der Waals surface area contributed by atoms with Gasteiger partial charge in [0.15, 0.2) is 0 Å². The summed E-state index contributed by atoms with van der Waals surface area (Å²) >= 11 is 0. The summed E-state index contributed by atoms with van der Waals surface area (Å²) in [5.41, 5.74) is 3.63. The minimum absolute atomic E-state index is 0.588. The van der Waals surface area contributed by atoms with Gasteiger partial charge in [0.05, 0.1) is 13.2 Å². The van der Waals surface area contributed by atoms with E-state index >= 15 is 0 Å². The zero-order chi connectivity index (χ0) is 15.6. The minimum atomic E-state index is 0.588. The highest BCUT2D eigenvalue weighted by Crippen LogP contribution is 2.21. The zero-order valence-electron chi connectivity index (χ0n) is 13.5. The van der Waals surface area contributed by atoms with Crippen molar-refractivity contribution < 1.29 is 9.47 Å². The van der Waals surface area contributed by atoms with Crippen molar-refractivity contribution in [1.82, 2.24) is 5.32 Å². The maximum absolute atomic E-state index is 5.80. The molecule has 0 aliphatic carbocycles. The summed E-state index contributed by atoms with van der Waals surface area (Å²) in [5, 5.41) is 3.36. The molecule has 0 radical (unpaired) electrons. The number of hydrogen-bond donors (Lipinski definition) is 1. The average molecular weight is 299 g/mol. The van der Waals surface area contributed by atoms with Gasteiger partial charge < -0.3 is 14.8 Å². The first kappa shape index (κ1) is 16.5. The molecule has 0 atom stereocenters. The maximum Gasteiger partial charge on any atom is 0.125 e. The van der Waals surface area contributed by atoms with Gasteiger partial charge in [0.2, 0.25) is 0 Å². The third-order valence-electron chi connectivity index (χ3n) is 3.48. The molecule has 0 bridgehead atoms. The van der Waals surface area contributed by atoms with E-state index in [1.54, 1.807) is 0 Å². The summed E-state index contributed by atoms with van der Waals surface area (Å²) in [6.07, 6.45) is 0. The predicted octanol–water partition coefficient (Wildman–Crippen LogP) is 3.49. The van der Waals surface area contributed by atoms with Crippen LogP contribution in [0.3, 0.4) is 0 Å². The molecule has 0 aliphatic heterocycles. The van der Waals surface area contributed by atoms with Gasteiger partial charge >= 0.3 is 0 Å². The van der Waals surface area contributed by atoms with Gasteiger partial charge in [-0.2, -0.15) is 0 Å². The third kappa shape index (κ3) is 5.51. The summed E-state index contributed by atoms with van der Waals surface area (Å²) in [6.45, 7) is 7.75. The van der Waals surface area contributed by atoms with Crippen molar-refractivity contribution in [1.29, 1.82) is 0 Å². The van der Waals surface area contributed by atoms with Crippen molar-refractivity contribution in [3.05, 3.63) is 65.2 Å². The maximum atomic E-state index is 5.80. The number of para-hydroxylation sites is 1. The highest BCUT2D eigenvalue weighted by Gasteiger charge is 2.02. The minimum Gasteiger partial charge on any atom is -0.491 e. The van der Waals surface area contributed by atoms with Gasteiger partial charge in [-0.15, -0.1) is 0 Å². The predicted molar refractivity (Wildman–Crippen MR) is 90.4 cm³/mol. The van der Waals surface area contributed by atoms with E-state index in [0.717, 1.165) is 18.8 Å². The van der Waals surface area contributed by atoms with Crippen molar-refractivity contribution in [2.45, 2.75) is 20.4 Å². The van der Waals surface area contributed by atoms with Crippen LogP contribution in [-0.4, -0.2) is 26.4 Å². The standard InChI is InChI=1S/C19H25NO2/c1-16-7-6-8-17(2)19(16)22-14-13-21-12-11-20-15-18-9-4-3-5-10-18/h3-10,20H,11-15H2,1-2H3. The number of benzene rings is 2. The molecule has 2 aromatic rings. The van der Waals surface area contributed by atoms with Gasteiger partial charge in [0, 0.05) is 13.1 Å². The highest BCUT2D eigenvalue weighted by atomic mass is 16.5. The molecule has 1 N–H and O–H groups in total. The Morgan fingerprint density at radius 2 is 1.55 bits per heavy atom. The second-order valence-corrected chi connectivity index (χ2v) is 5.34. The number of ether oxygens (including phenoxy) is 2. The normalized spacial score (nSPS) is 10.6. The van der Waals surface area contributed by atoms with E-state index in [-0.39, 0.29) is 0 Å². The number of hydrogen-bond acceptors (Lipinski definition) is 3. The first-order valence-electron chi connectivity index (χ1n) is 7.79. The van der Waals surface area contributed by atoms with Gasteiger partial charge in [0.1, 0.15) is 12.4 Å². The summed E-state index contributed by atoms with van der Waals surface area (Å²) in [5.74, 6) is 0.980. The van der Waals surface area contributed by atoms with E-state index in [4.69, 9.17) is 9.47 Å². The molecule has 3 heteroatoms. The topological polar surface area (TPSA) is 30.5 Å². The van der Waals surface area contributed by atoms with Gasteiger partial charge in [0.25, 0.3) is 0 Å². The van der Waals surface area contributed by atoms with E-state index in [0.29, 0.717) is 19.8 Å². The Morgan fingerprint density at radius 1 is 0.818 bits per heavy atom. The second kappa shape index (κ2) is 9.23. The van der Waals surface area contributed by atoms with Crippen LogP contribution in [0.1, 0.15) is 16.7 Å². The van der Waals surface area contributed by atoms with Crippen LogP contribution in [0.5, 0.6) is 5.75 Å². The molecule has 22 heavy (non-hydrogen) atoms. The average Bonchev–Trinajstić information content (AvgIpc) is 2.53. The summed E-state index contributed by atoms with van der Waals surface area (Å²) < 4.78 is 11.4. The van der Waals surface area contributed by atoms with Gasteiger partial charge in [-0.25, -0.2) is 0 Å². The van der Waals surface area contributed by atoms with Gasteiger partial charge in [-0.3, -0.25) is 0 Å². The van der Waals surface area contributed by atoms with Crippen molar-refractivity contribution in [3.63, 3.8) is 0 Å². The molecule has 0 spiro atoms. The molecule has 0 aliphatic rings. The number of rotatable bonds is 9. The Labute approximate surface area is 133 Å². The number of aryl methyl sites for hydroxylation is 2. The van der Waals surface area contributed by atoms with Crippen molar-refractivity contribution in [2.75, 3.05) is 26.4 Å². The number of nitrogens with one attached hydrogen (secondary N) is 1. The highest BCUT2D eigenvalue weighted by molar-refractivity contribution is 5.39. The van der Waals surface area contributed by atoms with E-state index in [2.05, 4.69) is 55.6 Å². The van der Waals surface area contributed by atoms with Crippen molar-refractivity contribution >= 4 is 0 Å². The van der Waals surface area contributed by atoms with Gasteiger partial charge in [-0.05, 0) is 30.5 Å². The first-order chi connectivity index (χ1) is 10.8. The lowest BCUT2D eigenvalue weighted by Crippen LogP contribution is -2.20. The lowest BCUT2D eigenvalue weighted by atomic mass is 10.1. The Bertz CT molecular complexity index is 534. The van der Waals surface area contributed by atoms with Crippen LogP contribution in [-0.2, 0) is 11.3 Å². The van der Waals surface area contributed by atoms with Crippen molar-refractivity contribution in [2.24, 2.45) is 0 Å². The van der Waals surface area contributed by atoms with Crippen LogP contribution in [0.2, 0.25) is 0 Å². The zero-order valence-corrected chi connectivity index (χ0v) is 13.5. The van der Waals surface area contributed by atoms with Crippen LogP contribution in [0, 0.1) is 13.8 Å². The molecular weight excluding hydrogens is 274 g/mol. The Balaban J connectivity index is 1.53. The lowest BCUT2D eigenvalue weighted by Gasteiger charge is -2.12.